The van der Waals surface area contributed by atoms with Crippen molar-refractivity contribution >= 4 is 17.7 Å². The number of allylic oxidation sites excluding steroid dienone is 1. The van der Waals surface area contributed by atoms with Gasteiger partial charge in [-0.25, -0.2) is 0 Å². The van der Waals surface area contributed by atoms with Gasteiger partial charge in [-0.3, -0.25) is 14.6 Å². The van der Waals surface area contributed by atoms with E-state index in [1.807, 2.05) is 18.5 Å². The van der Waals surface area contributed by atoms with E-state index in [0.717, 1.165) is 50.5 Å². The van der Waals surface area contributed by atoms with Gasteiger partial charge in [0.2, 0.25) is 0 Å². The number of nitrogens with zero attached hydrogens (tertiary/aromatic N) is 1. The van der Waals surface area contributed by atoms with Gasteiger partial charge in [-0.1, -0.05) is 52.9 Å². The van der Waals surface area contributed by atoms with Gasteiger partial charge in [0.25, 0.3) is 0 Å². The number of guanidine groups is 1. The summed E-state index contributed by atoms with van der Waals surface area (Å²) in [7, 11) is 0. The number of aromatic amines is 1. The number of carbonyl (C=O) groups is 2. The standard InChI is InChI=1S/C52H78N4O8/c1-29(2)13-14-32-22-33(37-28-64-47(61)45(37)35-16-19-55-27-35)9-8-10-34-25-52(63)39-23-41(57)40-24-42(58)43(59)26-51(40,36-11-6-7-12-36)38(39)15-17-50(52,18-20-56-48(53)54)46(34)49(5,62)44(60)21-30(3)31(32)4/h16,19,23,27,29-34,36-38,40,42-46,55,58-60,62-63H,6-7,10-15,17-18,20-22,24-26,28H2,1-5H3,(H4,53,54,56). The first-order chi connectivity index (χ1) is 30.4. The van der Waals surface area contributed by atoms with E-state index in [0.29, 0.717) is 50.0 Å². The molecule has 2 heterocycles. The second-order valence-corrected chi connectivity index (χ2v) is 22.7. The predicted molar refractivity (Wildman–Crippen MR) is 245 cm³/mol. The molecule has 1 aliphatic heterocycles. The van der Waals surface area contributed by atoms with Crippen LogP contribution in [0, 0.1) is 87.8 Å². The fourth-order valence-corrected chi connectivity index (χ4v) is 15.8. The number of cyclic esters (lactones) is 1. The molecule has 7 aliphatic rings. The molecule has 5 fully saturated rings. The molecule has 17 unspecified atom stereocenters. The highest BCUT2D eigenvalue weighted by atomic mass is 16.5. The summed E-state index contributed by atoms with van der Waals surface area (Å²) in [5.74, 6) is 5.50. The second kappa shape index (κ2) is 18.1. The Kier molecular flexibility index (Phi) is 13.4. The molecule has 0 bridgehead atoms. The molecule has 1 aromatic heterocycles. The minimum Gasteiger partial charge on any atom is -0.465 e. The van der Waals surface area contributed by atoms with Crippen molar-refractivity contribution in [2.24, 2.45) is 92.4 Å². The van der Waals surface area contributed by atoms with E-state index in [1.54, 1.807) is 13.0 Å². The number of ether oxygens (including phenoxy) is 1. The molecule has 8 rings (SSSR count). The summed E-state index contributed by atoms with van der Waals surface area (Å²) in [6.45, 7) is 11.1. The lowest BCUT2D eigenvalue weighted by Crippen LogP contribution is -2.65. The smallest absolute Gasteiger partial charge is 0.313 e. The van der Waals surface area contributed by atoms with Crippen LogP contribution in [0.15, 0.2) is 35.1 Å². The summed E-state index contributed by atoms with van der Waals surface area (Å²) in [4.78, 5) is 35.8. The number of hydrogen-bond donors (Lipinski definition) is 8. The molecule has 1 aromatic rings. The van der Waals surface area contributed by atoms with Gasteiger partial charge >= 0.3 is 5.97 Å². The summed E-state index contributed by atoms with van der Waals surface area (Å²) in [5.41, 5.74) is 8.50. The number of aliphatic hydroxyl groups excluding tert-OH is 3. The van der Waals surface area contributed by atoms with Crippen LogP contribution in [0.3, 0.4) is 0 Å². The van der Waals surface area contributed by atoms with Crippen LogP contribution in [0.25, 0.3) is 0 Å². The van der Waals surface area contributed by atoms with Crippen molar-refractivity contribution < 1.29 is 39.9 Å². The number of carbonyl (C=O) groups excluding carboxylic acids is 2. The first-order valence-corrected chi connectivity index (χ1v) is 24.9. The Balaban J connectivity index is 1.26. The largest absolute Gasteiger partial charge is 0.465 e. The van der Waals surface area contributed by atoms with Gasteiger partial charge in [0, 0.05) is 54.4 Å². The van der Waals surface area contributed by atoms with E-state index in [4.69, 9.17) is 16.2 Å². The van der Waals surface area contributed by atoms with Crippen LogP contribution in [0.1, 0.15) is 142 Å². The predicted octanol–water partition coefficient (Wildman–Crippen LogP) is 5.76. The topological polar surface area (TPSA) is 225 Å². The number of nitrogens with one attached hydrogen (secondary N) is 1. The Hall–Kier alpha value is -3.21. The highest BCUT2D eigenvalue weighted by molar-refractivity contribution is 5.95. The lowest BCUT2D eigenvalue weighted by Gasteiger charge is -2.64. The number of ketones is 1. The van der Waals surface area contributed by atoms with E-state index < -0.39 is 64.0 Å². The summed E-state index contributed by atoms with van der Waals surface area (Å²) >= 11 is 0. The van der Waals surface area contributed by atoms with Crippen molar-refractivity contribution in [3.8, 4) is 11.8 Å². The number of fused-ring (bicyclic) bond motifs is 7. The van der Waals surface area contributed by atoms with E-state index in [2.05, 4.69) is 49.5 Å². The van der Waals surface area contributed by atoms with Crippen LogP contribution in [0.2, 0.25) is 0 Å². The van der Waals surface area contributed by atoms with Gasteiger partial charge in [-0.2, -0.15) is 0 Å². The lowest BCUT2D eigenvalue weighted by molar-refractivity contribution is -0.195. The van der Waals surface area contributed by atoms with Crippen molar-refractivity contribution in [3.63, 3.8) is 0 Å². The molecule has 354 valence electrons. The average Bonchev–Trinajstić information content (AvgIpc) is 4.06. The van der Waals surface area contributed by atoms with E-state index in [9.17, 15) is 35.1 Å². The van der Waals surface area contributed by atoms with E-state index >= 15 is 0 Å². The van der Waals surface area contributed by atoms with Gasteiger partial charge in [0.15, 0.2) is 11.7 Å². The zero-order chi connectivity index (χ0) is 45.9. The highest BCUT2D eigenvalue weighted by Crippen LogP contribution is 2.73. The van der Waals surface area contributed by atoms with Crippen LogP contribution in [-0.2, 0) is 14.3 Å². The molecule has 12 heteroatoms. The molecular formula is C52H78N4O8. The molecular weight excluding hydrogens is 809 g/mol. The number of hydrogen-bond acceptors (Lipinski definition) is 9. The van der Waals surface area contributed by atoms with Crippen LogP contribution >= 0.6 is 0 Å². The number of H-pyrrole nitrogens is 1. The molecule has 0 spiro atoms. The maximum Gasteiger partial charge on any atom is 0.313 e. The van der Waals surface area contributed by atoms with Crippen molar-refractivity contribution in [3.05, 3.63) is 35.7 Å². The highest BCUT2D eigenvalue weighted by Gasteiger charge is 2.74. The Morgan fingerprint density at radius 3 is 2.45 bits per heavy atom. The van der Waals surface area contributed by atoms with Crippen LogP contribution in [-0.4, -0.2) is 90.9 Å². The maximum atomic E-state index is 14.7. The molecule has 6 aliphatic carbocycles. The molecule has 1 saturated heterocycles. The van der Waals surface area contributed by atoms with Crippen molar-refractivity contribution in [1.29, 1.82) is 0 Å². The van der Waals surface area contributed by atoms with Crippen LogP contribution in [0.4, 0.5) is 0 Å². The Morgan fingerprint density at radius 2 is 1.77 bits per heavy atom. The summed E-state index contributed by atoms with van der Waals surface area (Å²) in [6, 6.07) is 1.95. The molecule has 0 amide bonds. The minimum absolute atomic E-state index is 0.0111. The number of aliphatic hydroxyl groups is 5. The van der Waals surface area contributed by atoms with Gasteiger partial charge < -0.3 is 46.7 Å². The Bertz CT molecular complexity index is 1980. The lowest BCUT2D eigenvalue weighted by atomic mass is 9.41. The van der Waals surface area contributed by atoms with Crippen LogP contribution < -0.4 is 11.5 Å². The molecule has 17 atom stereocenters. The minimum atomic E-state index is -1.68. The summed E-state index contributed by atoms with van der Waals surface area (Å²) in [6.07, 6.45) is 11.8. The zero-order valence-electron chi connectivity index (χ0n) is 39.1. The molecule has 4 saturated carbocycles. The molecule has 0 radical (unpaired) electrons. The van der Waals surface area contributed by atoms with E-state index in [1.165, 1.54) is 0 Å². The monoisotopic (exact) mass is 887 g/mol. The number of esters is 1. The van der Waals surface area contributed by atoms with E-state index in [-0.39, 0.29) is 85.1 Å². The van der Waals surface area contributed by atoms with Gasteiger partial charge in [0.05, 0.1) is 42.0 Å². The number of aliphatic imine (C=N–C) groups is 1. The van der Waals surface area contributed by atoms with Gasteiger partial charge in [-0.15, -0.1) is 5.92 Å². The maximum absolute atomic E-state index is 14.7. The first kappa shape index (κ1) is 47.3. The number of nitrogens with two attached hydrogens (primary N) is 2. The molecule has 12 nitrogen and oxygen atoms in total. The number of aromatic nitrogens is 1. The quantitative estimate of drug-likeness (QED) is 0.0648. The van der Waals surface area contributed by atoms with Crippen LogP contribution in [0.5, 0.6) is 0 Å². The summed E-state index contributed by atoms with van der Waals surface area (Å²) in [5, 5.41) is 62.3. The normalized spacial score (nSPS) is 45.0. The Labute approximate surface area is 380 Å². The van der Waals surface area contributed by atoms with Crippen molar-refractivity contribution in [1.82, 2.24) is 4.98 Å². The zero-order valence-corrected chi connectivity index (χ0v) is 39.1. The number of rotatable bonds is 9. The van der Waals surface area contributed by atoms with Gasteiger partial charge in [0.1, 0.15) is 0 Å². The Morgan fingerprint density at radius 1 is 1.02 bits per heavy atom. The molecule has 64 heavy (non-hydrogen) atoms. The van der Waals surface area contributed by atoms with Crippen molar-refractivity contribution in [2.45, 2.75) is 166 Å². The fraction of sp³-hybridized carbons (Fsp3) is 0.788. The summed E-state index contributed by atoms with van der Waals surface area (Å²) < 4.78 is 5.83. The molecule has 10 N–H and O–H groups in total. The third kappa shape index (κ3) is 7.99. The second-order valence-electron chi connectivity index (χ2n) is 22.7. The van der Waals surface area contributed by atoms with Gasteiger partial charge in [-0.05, 0) is 148 Å². The average molecular weight is 887 g/mol. The first-order valence-electron chi connectivity index (χ1n) is 24.9. The van der Waals surface area contributed by atoms with Crippen molar-refractivity contribution in [2.75, 3.05) is 13.2 Å². The fourth-order valence-electron chi connectivity index (χ4n) is 15.8. The molecule has 0 aromatic carbocycles. The third-order valence-corrected chi connectivity index (χ3v) is 19.0. The third-order valence-electron chi connectivity index (χ3n) is 19.0. The SMILES string of the molecule is CC(C)CCC1CC(C2COC(=O)C2c2cc[nH]c2)C#CCC2CC3(O)C4=CC(=O)C5CC(O)C(O)CC5(C5CCCC5)C4CCC3(CCN=C(N)N)C2C(C)(O)C(O)CC(C)C1C.